The van der Waals surface area contributed by atoms with Crippen LogP contribution in [0.2, 0.25) is 20.1 Å². The van der Waals surface area contributed by atoms with E-state index >= 15 is 0 Å². The summed E-state index contributed by atoms with van der Waals surface area (Å²) in [4.78, 5) is 51.3. The maximum Gasteiger partial charge on any atom is 0.335 e. The first-order valence-corrected chi connectivity index (χ1v) is 13.1. The van der Waals surface area contributed by atoms with Crippen molar-refractivity contribution in [2.24, 2.45) is 0 Å². The van der Waals surface area contributed by atoms with Crippen LogP contribution in [0.25, 0.3) is 6.08 Å². The summed E-state index contributed by atoms with van der Waals surface area (Å²) in [6, 6.07) is 12.5. The molecule has 1 heterocycles. The van der Waals surface area contributed by atoms with E-state index in [2.05, 4.69) is 10.6 Å². The van der Waals surface area contributed by atoms with Gasteiger partial charge in [-0.15, -0.1) is 0 Å². The van der Waals surface area contributed by atoms with Crippen LogP contribution in [-0.4, -0.2) is 37.0 Å². The number of amides is 5. The third-order valence-corrected chi connectivity index (χ3v) is 6.88. The van der Waals surface area contributed by atoms with Gasteiger partial charge in [0, 0.05) is 5.69 Å². The van der Waals surface area contributed by atoms with Gasteiger partial charge in [0.25, 0.3) is 17.7 Å². The monoisotopic (exact) mass is 621 g/mol. The summed E-state index contributed by atoms with van der Waals surface area (Å²) in [5.74, 6) is -1.67. The van der Waals surface area contributed by atoms with Crippen LogP contribution in [0.3, 0.4) is 0 Å². The first-order valence-electron chi connectivity index (χ1n) is 11.6. The van der Waals surface area contributed by atoms with Crippen molar-refractivity contribution in [2.75, 3.05) is 23.4 Å². The minimum absolute atomic E-state index is 0.129. The molecule has 0 unspecified atom stereocenters. The van der Waals surface area contributed by atoms with Crippen LogP contribution in [0.1, 0.15) is 12.5 Å². The van der Waals surface area contributed by atoms with E-state index < -0.39 is 23.8 Å². The fourth-order valence-electron chi connectivity index (χ4n) is 3.60. The standard InChI is InChI=1S/C27H19Cl4N3O6/c1-2-39-23-10-14(3-8-22(23)40-13-24(35)32-15-4-6-18(28)20(30)11-15)9-17-25(36)33-27(38)34(26(17)37)16-5-7-19(29)21(31)12-16/h3-12H,2,13H2,1H3,(H,32,35)(H,33,36,38)/b17-9-. The number of imide groups is 2. The van der Waals surface area contributed by atoms with Gasteiger partial charge in [-0.3, -0.25) is 19.7 Å². The van der Waals surface area contributed by atoms with Gasteiger partial charge in [0.15, 0.2) is 18.1 Å². The number of halogens is 4. The first-order chi connectivity index (χ1) is 19.1. The van der Waals surface area contributed by atoms with E-state index in [1.165, 1.54) is 42.5 Å². The van der Waals surface area contributed by atoms with Gasteiger partial charge in [0.1, 0.15) is 5.57 Å². The highest BCUT2D eigenvalue weighted by molar-refractivity contribution is 6.43. The van der Waals surface area contributed by atoms with E-state index in [1.54, 1.807) is 25.1 Å². The Morgan fingerprint density at radius 3 is 2.25 bits per heavy atom. The molecule has 1 saturated heterocycles. The predicted octanol–water partition coefficient (Wildman–Crippen LogP) is 6.38. The number of carbonyl (C=O) groups is 4. The topological polar surface area (TPSA) is 114 Å². The summed E-state index contributed by atoms with van der Waals surface area (Å²) in [6.07, 6.45) is 1.30. The van der Waals surface area contributed by atoms with E-state index in [-0.39, 0.29) is 46.0 Å². The van der Waals surface area contributed by atoms with Crippen molar-refractivity contribution < 1.29 is 28.7 Å². The molecule has 206 valence electrons. The highest BCUT2D eigenvalue weighted by Gasteiger charge is 2.37. The zero-order valence-corrected chi connectivity index (χ0v) is 23.6. The molecule has 1 fully saturated rings. The Balaban J connectivity index is 1.53. The Labute approximate surface area is 248 Å². The summed E-state index contributed by atoms with van der Waals surface area (Å²) < 4.78 is 11.3. The Morgan fingerprint density at radius 1 is 0.875 bits per heavy atom. The maximum absolute atomic E-state index is 13.2. The van der Waals surface area contributed by atoms with Crippen molar-refractivity contribution in [1.29, 1.82) is 0 Å². The summed E-state index contributed by atoms with van der Waals surface area (Å²) in [7, 11) is 0. The van der Waals surface area contributed by atoms with E-state index in [9.17, 15) is 19.2 Å². The Bertz CT molecular complexity index is 1560. The Hall–Kier alpha value is -3.76. The fourth-order valence-corrected chi connectivity index (χ4v) is 4.19. The highest BCUT2D eigenvalue weighted by atomic mass is 35.5. The second kappa shape index (κ2) is 12.6. The van der Waals surface area contributed by atoms with Crippen molar-refractivity contribution in [2.45, 2.75) is 6.92 Å². The van der Waals surface area contributed by atoms with Gasteiger partial charge in [0.05, 0.1) is 32.4 Å². The lowest BCUT2D eigenvalue weighted by Gasteiger charge is -2.26. The molecule has 1 aliphatic heterocycles. The normalized spacial score (nSPS) is 14.3. The van der Waals surface area contributed by atoms with Crippen LogP contribution in [0.15, 0.2) is 60.2 Å². The fraction of sp³-hybridized carbons (Fsp3) is 0.111. The number of ether oxygens (including phenoxy) is 2. The maximum atomic E-state index is 13.2. The molecule has 0 saturated carbocycles. The number of carbonyl (C=O) groups excluding carboxylic acids is 4. The SMILES string of the molecule is CCOc1cc(/C=C2/C(=O)NC(=O)N(c3ccc(Cl)c(Cl)c3)C2=O)ccc1OCC(=O)Nc1ccc(Cl)c(Cl)c1. The molecule has 13 heteroatoms. The van der Waals surface area contributed by atoms with Crippen LogP contribution in [0, 0.1) is 0 Å². The number of nitrogens with one attached hydrogen (secondary N) is 2. The summed E-state index contributed by atoms with van der Waals surface area (Å²) in [5.41, 5.74) is 0.674. The van der Waals surface area contributed by atoms with E-state index in [1.807, 2.05) is 0 Å². The number of nitrogens with zero attached hydrogens (tertiary/aromatic N) is 1. The number of rotatable bonds is 8. The van der Waals surface area contributed by atoms with Crippen LogP contribution in [0.5, 0.6) is 11.5 Å². The van der Waals surface area contributed by atoms with Crippen LogP contribution in [-0.2, 0) is 14.4 Å². The zero-order valence-electron chi connectivity index (χ0n) is 20.6. The number of hydrogen-bond donors (Lipinski definition) is 2. The second-order valence-electron chi connectivity index (χ2n) is 8.16. The lowest BCUT2D eigenvalue weighted by molar-refractivity contribution is -0.122. The molecule has 2 N–H and O–H groups in total. The van der Waals surface area contributed by atoms with Gasteiger partial charge >= 0.3 is 6.03 Å². The first kappa shape index (κ1) is 29.2. The average Bonchev–Trinajstić information content (AvgIpc) is 2.90. The zero-order chi connectivity index (χ0) is 29.0. The molecule has 0 radical (unpaired) electrons. The average molecular weight is 623 g/mol. The quantitative estimate of drug-likeness (QED) is 0.222. The molecule has 3 aromatic rings. The molecule has 0 spiro atoms. The molecule has 1 aliphatic rings. The van der Waals surface area contributed by atoms with Crippen molar-refractivity contribution in [3.05, 3.63) is 85.8 Å². The van der Waals surface area contributed by atoms with Gasteiger partial charge in [-0.25, -0.2) is 9.69 Å². The molecule has 9 nitrogen and oxygen atoms in total. The molecule has 0 aliphatic carbocycles. The lowest BCUT2D eigenvalue weighted by atomic mass is 10.1. The third kappa shape index (κ3) is 6.68. The molecule has 0 bridgehead atoms. The van der Waals surface area contributed by atoms with Gasteiger partial charge in [-0.05, 0) is 67.1 Å². The second-order valence-corrected chi connectivity index (χ2v) is 9.79. The number of barbiturate groups is 1. The number of benzene rings is 3. The van der Waals surface area contributed by atoms with Crippen molar-refractivity contribution >= 4 is 87.6 Å². The molecule has 3 aromatic carbocycles. The number of anilines is 2. The van der Waals surface area contributed by atoms with Crippen molar-refractivity contribution in [3.63, 3.8) is 0 Å². The van der Waals surface area contributed by atoms with Gasteiger partial charge < -0.3 is 14.8 Å². The molecule has 5 amide bonds. The predicted molar refractivity (Wildman–Crippen MR) is 154 cm³/mol. The molecule has 4 rings (SSSR count). The van der Waals surface area contributed by atoms with Crippen LogP contribution in [0.4, 0.5) is 16.2 Å². The molecule has 0 aromatic heterocycles. The minimum Gasteiger partial charge on any atom is -0.490 e. The summed E-state index contributed by atoms with van der Waals surface area (Å²) >= 11 is 23.8. The van der Waals surface area contributed by atoms with Gasteiger partial charge in [-0.1, -0.05) is 52.5 Å². The molecular weight excluding hydrogens is 604 g/mol. The van der Waals surface area contributed by atoms with E-state index in [4.69, 9.17) is 55.9 Å². The van der Waals surface area contributed by atoms with Crippen molar-refractivity contribution in [1.82, 2.24) is 5.32 Å². The van der Waals surface area contributed by atoms with Gasteiger partial charge in [0.2, 0.25) is 0 Å². The smallest absolute Gasteiger partial charge is 0.335 e. The number of urea groups is 1. The highest BCUT2D eigenvalue weighted by Crippen LogP contribution is 2.32. The van der Waals surface area contributed by atoms with Crippen molar-refractivity contribution in [3.8, 4) is 11.5 Å². The van der Waals surface area contributed by atoms with Crippen LogP contribution >= 0.6 is 46.4 Å². The minimum atomic E-state index is -0.927. The molecular formula is C27H19Cl4N3O6. The summed E-state index contributed by atoms with van der Waals surface area (Å²) in [5, 5.41) is 5.80. The molecule has 40 heavy (non-hydrogen) atoms. The Kier molecular flexibility index (Phi) is 9.21. The van der Waals surface area contributed by atoms with Crippen LogP contribution < -0.4 is 25.0 Å². The van der Waals surface area contributed by atoms with E-state index in [0.717, 1.165) is 4.90 Å². The Morgan fingerprint density at radius 2 is 1.57 bits per heavy atom. The third-order valence-electron chi connectivity index (χ3n) is 5.40. The summed E-state index contributed by atoms with van der Waals surface area (Å²) in [6.45, 7) is 1.68. The van der Waals surface area contributed by atoms with E-state index in [0.29, 0.717) is 21.3 Å². The van der Waals surface area contributed by atoms with Gasteiger partial charge in [-0.2, -0.15) is 0 Å². The number of hydrogen-bond acceptors (Lipinski definition) is 6. The largest absolute Gasteiger partial charge is 0.490 e. The lowest BCUT2D eigenvalue weighted by Crippen LogP contribution is -2.54. The molecule has 0 atom stereocenters.